The fourth-order valence-corrected chi connectivity index (χ4v) is 2.55. The van der Waals surface area contributed by atoms with Gasteiger partial charge in [0.05, 0.1) is 13.2 Å². The van der Waals surface area contributed by atoms with Gasteiger partial charge in [-0.1, -0.05) is 19.8 Å². The second-order valence-corrected chi connectivity index (χ2v) is 5.49. The van der Waals surface area contributed by atoms with Crippen molar-refractivity contribution in [2.75, 3.05) is 26.2 Å². The number of ether oxygens (including phenoxy) is 1. The molecule has 0 spiro atoms. The number of hydrogen-bond donors (Lipinski definition) is 0. The first-order valence-electron chi connectivity index (χ1n) is 7.78. The minimum absolute atomic E-state index is 0.217. The summed E-state index contributed by atoms with van der Waals surface area (Å²) in [6.45, 7) is 5.47. The van der Waals surface area contributed by atoms with Crippen molar-refractivity contribution in [3.8, 4) is 5.75 Å². The van der Waals surface area contributed by atoms with Gasteiger partial charge in [-0.05, 0) is 56.6 Å². The van der Waals surface area contributed by atoms with E-state index < -0.39 is 0 Å². The third kappa shape index (κ3) is 4.64. The van der Waals surface area contributed by atoms with Crippen LogP contribution >= 0.6 is 0 Å². The predicted molar refractivity (Wildman–Crippen MR) is 81.5 cm³/mol. The normalized spacial score (nSPS) is 16.6. The van der Waals surface area contributed by atoms with Gasteiger partial charge in [0.15, 0.2) is 5.78 Å². The van der Waals surface area contributed by atoms with E-state index in [-0.39, 0.29) is 5.78 Å². The lowest BCUT2D eigenvalue weighted by atomic mass is 10.1. The first kappa shape index (κ1) is 15.0. The number of Topliss-reactive ketones (excluding diaryl/α,β-unsaturated/α-hetero) is 1. The molecule has 0 saturated carbocycles. The van der Waals surface area contributed by atoms with E-state index in [0.29, 0.717) is 6.54 Å². The molecule has 0 radical (unpaired) electrons. The molecule has 110 valence electrons. The molecule has 0 N–H and O–H groups in total. The zero-order valence-corrected chi connectivity index (χ0v) is 12.4. The average Bonchev–Trinajstić information content (AvgIpc) is 2.74. The Morgan fingerprint density at radius 3 is 2.35 bits per heavy atom. The Hall–Kier alpha value is -1.35. The molecular weight excluding hydrogens is 250 g/mol. The molecule has 0 unspecified atom stereocenters. The number of carbonyl (C=O) groups is 1. The summed E-state index contributed by atoms with van der Waals surface area (Å²) < 4.78 is 5.53. The molecule has 1 saturated heterocycles. The van der Waals surface area contributed by atoms with Gasteiger partial charge in [-0.3, -0.25) is 9.69 Å². The summed E-state index contributed by atoms with van der Waals surface area (Å²) in [5.74, 6) is 1.06. The second kappa shape index (κ2) is 8.05. The molecule has 1 aliphatic heterocycles. The van der Waals surface area contributed by atoms with E-state index in [4.69, 9.17) is 4.74 Å². The summed E-state index contributed by atoms with van der Waals surface area (Å²) in [5.41, 5.74) is 0.790. The monoisotopic (exact) mass is 275 g/mol. The van der Waals surface area contributed by atoms with Crippen LogP contribution in [0.15, 0.2) is 24.3 Å². The van der Waals surface area contributed by atoms with Gasteiger partial charge in [-0.15, -0.1) is 0 Å². The summed E-state index contributed by atoms with van der Waals surface area (Å²) >= 11 is 0. The molecule has 3 heteroatoms. The molecule has 1 aliphatic rings. The molecule has 1 fully saturated rings. The van der Waals surface area contributed by atoms with Crippen molar-refractivity contribution in [3.05, 3.63) is 29.8 Å². The van der Waals surface area contributed by atoms with Gasteiger partial charge in [-0.2, -0.15) is 0 Å². The van der Waals surface area contributed by atoms with Crippen LogP contribution in [0.2, 0.25) is 0 Å². The molecule has 3 nitrogen and oxygen atoms in total. The molecule has 0 aromatic heterocycles. The molecule has 0 atom stereocenters. The summed E-state index contributed by atoms with van der Waals surface area (Å²) in [5, 5.41) is 0. The van der Waals surface area contributed by atoms with Crippen molar-refractivity contribution in [1.82, 2.24) is 4.90 Å². The number of carbonyl (C=O) groups excluding carboxylic acids is 1. The van der Waals surface area contributed by atoms with E-state index >= 15 is 0 Å². The number of nitrogens with zero attached hydrogens (tertiary/aromatic N) is 1. The largest absolute Gasteiger partial charge is 0.494 e. The Bertz CT molecular complexity index is 406. The highest BCUT2D eigenvalue weighted by atomic mass is 16.5. The lowest BCUT2D eigenvalue weighted by molar-refractivity contribution is 0.0933. The smallest absolute Gasteiger partial charge is 0.176 e. The third-order valence-electron chi connectivity index (χ3n) is 3.72. The van der Waals surface area contributed by atoms with Crippen LogP contribution in [0.5, 0.6) is 5.75 Å². The summed E-state index contributed by atoms with van der Waals surface area (Å²) in [6, 6.07) is 7.55. The molecule has 0 amide bonds. The van der Waals surface area contributed by atoms with E-state index in [9.17, 15) is 4.79 Å². The Morgan fingerprint density at radius 1 is 1.10 bits per heavy atom. The molecule has 0 aliphatic carbocycles. The van der Waals surface area contributed by atoms with E-state index in [0.717, 1.165) is 37.4 Å². The van der Waals surface area contributed by atoms with Crippen molar-refractivity contribution < 1.29 is 9.53 Å². The molecular formula is C17H25NO2. The van der Waals surface area contributed by atoms with E-state index in [1.807, 2.05) is 24.3 Å². The van der Waals surface area contributed by atoms with Crippen LogP contribution < -0.4 is 4.74 Å². The highest BCUT2D eigenvalue weighted by molar-refractivity contribution is 5.97. The first-order valence-corrected chi connectivity index (χ1v) is 7.78. The third-order valence-corrected chi connectivity index (χ3v) is 3.72. The SMILES string of the molecule is CCCOc1ccc(C(=O)CN2CCCCCC2)cc1. The first-order chi connectivity index (χ1) is 9.79. The van der Waals surface area contributed by atoms with Gasteiger partial charge in [0.1, 0.15) is 5.75 Å². The fourth-order valence-electron chi connectivity index (χ4n) is 2.55. The van der Waals surface area contributed by atoms with E-state index in [2.05, 4.69) is 11.8 Å². The van der Waals surface area contributed by atoms with Gasteiger partial charge in [0, 0.05) is 5.56 Å². The molecule has 1 aromatic rings. The van der Waals surface area contributed by atoms with Crippen molar-refractivity contribution >= 4 is 5.78 Å². The summed E-state index contributed by atoms with van der Waals surface area (Å²) in [4.78, 5) is 14.6. The maximum atomic E-state index is 12.3. The van der Waals surface area contributed by atoms with Gasteiger partial charge >= 0.3 is 0 Å². The molecule has 20 heavy (non-hydrogen) atoms. The van der Waals surface area contributed by atoms with Crippen molar-refractivity contribution in [2.45, 2.75) is 39.0 Å². The number of ketones is 1. The zero-order chi connectivity index (χ0) is 14.2. The minimum atomic E-state index is 0.217. The van der Waals surface area contributed by atoms with Crippen LogP contribution in [0.1, 0.15) is 49.4 Å². The predicted octanol–water partition coefficient (Wildman–Crippen LogP) is 3.53. The summed E-state index contributed by atoms with van der Waals surface area (Å²) in [6.07, 6.45) is 6.03. The van der Waals surface area contributed by atoms with Crippen molar-refractivity contribution in [3.63, 3.8) is 0 Å². The van der Waals surface area contributed by atoms with E-state index in [1.165, 1.54) is 25.7 Å². The Labute approximate surface area is 121 Å². The van der Waals surface area contributed by atoms with E-state index in [1.54, 1.807) is 0 Å². The zero-order valence-electron chi connectivity index (χ0n) is 12.4. The topological polar surface area (TPSA) is 29.5 Å². The van der Waals surface area contributed by atoms with Crippen molar-refractivity contribution in [1.29, 1.82) is 0 Å². The number of hydrogen-bond acceptors (Lipinski definition) is 3. The van der Waals surface area contributed by atoms with Crippen LogP contribution in [0.3, 0.4) is 0 Å². The molecule has 1 aromatic carbocycles. The average molecular weight is 275 g/mol. The quantitative estimate of drug-likeness (QED) is 0.744. The van der Waals surface area contributed by atoms with Gasteiger partial charge < -0.3 is 4.74 Å². The van der Waals surface area contributed by atoms with Crippen LogP contribution in [-0.2, 0) is 0 Å². The fraction of sp³-hybridized carbons (Fsp3) is 0.588. The Morgan fingerprint density at radius 2 is 1.75 bits per heavy atom. The highest BCUT2D eigenvalue weighted by Crippen LogP contribution is 2.14. The second-order valence-electron chi connectivity index (χ2n) is 5.49. The maximum Gasteiger partial charge on any atom is 0.176 e. The lowest BCUT2D eigenvalue weighted by Crippen LogP contribution is -2.30. The van der Waals surface area contributed by atoms with Crippen LogP contribution in [0.4, 0.5) is 0 Å². The number of benzene rings is 1. The minimum Gasteiger partial charge on any atom is -0.494 e. The van der Waals surface area contributed by atoms with Gasteiger partial charge in [-0.25, -0.2) is 0 Å². The molecule has 1 heterocycles. The maximum absolute atomic E-state index is 12.3. The number of rotatable bonds is 6. The van der Waals surface area contributed by atoms with Crippen molar-refractivity contribution in [2.24, 2.45) is 0 Å². The van der Waals surface area contributed by atoms with Crippen LogP contribution in [0.25, 0.3) is 0 Å². The van der Waals surface area contributed by atoms with Gasteiger partial charge in [0.2, 0.25) is 0 Å². The van der Waals surface area contributed by atoms with Gasteiger partial charge in [0.25, 0.3) is 0 Å². The van der Waals surface area contributed by atoms with Crippen LogP contribution in [0, 0.1) is 0 Å². The lowest BCUT2D eigenvalue weighted by Gasteiger charge is -2.18. The standard InChI is InChI=1S/C17H25NO2/c1-2-13-20-16-9-7-15(8-10-16)17(19)14-18-11-5-3-4-6-12-18/h7-10H,2-6,11-14H2,1H3. The Kier molecular flexibility index (Phi) is 6.06. The molecule has 0 bridgehead atoms. The summed E-state index contributed by atoms with van der Waals surface area (Å²) in [7, 11) is 0. The van der Waals surface area contributed by atoms with Crippen LogP contribution in [-0.4, -0.2) is 36.9 Å². The molecule has 2 rings (SSSR count). The number of likely N-dealkylation sites (tertiary alicyclic amines) is 1. The highest BCUT2D eigenvalue weighted by Gasteiger charge is 2.14. The Balaban J connectivity index is 1.88.